The second-order valence-electron chi connectivity index (χ2n) is 1.50. The predicted molar refractivity (Wildman–Crippen MR) is 36.4 cm³/mol. The summed E-state index contributed by atoms with van der Waals surface area (Å²) >= 11 is 5.58. The molecule has 0 radical (unpaired) electrons. The van der Waals surface area contributed by atoms with Crippen molar-refractivity contribution in [3.63, 3.8) is 0 Å². The molecule has 0 amide bonds. The standard InChI is InChI=1S/C5H4ClN3O/c6-4-1-7-3-8-5(4)2-9-10/h1-3,10H. The molecule has 4 nitrogen and oxygen atoms in total. The van der Waals surface area contributed by atoms with Crippen molar-refractivity contribution >= 4 is 17.8 Å². The quantitative estimate of drug-likeness (QED) is 0.375. The first-order chi connectivity index (χ1) is 4.84. The van der Waals surface area contributed by atoms with Crippen LogP contribution in [-0.2, 0) is 0 Å². The number of hydrogen-bond donors (Lipinski definition) is 1. The molecule has 0 saturated heterocycles. The van der Waals surface area contributed by atoms with Crippen molar-refractivity contribution < 1.29 is 5.21 Å². The fourth-order valence-electron chi connectivity index (χ4n) is 0.472. The van der Waals surface area contributed by atoms with Gasteiger partial charge < -0.3 is 5.21 Å². The minimum atomic E-state index is 0.361. The van der Waals surface area contributed by atoms with Gasteiger partial charge in [-0.25, -0.2) is 9.97 Å². The minimum Gasteiger partial charge on any atom is -0.411 e. The lowest BCUT2D eigenvalue weighted by molar-refractivity contribution is 0.321. The lowest BCUT2D eigenvalue weighted by atomic mass is 10.4. The molecule has 1 aromatic heterocycles. The van der Waals surface area contributed by atoms with E-state index >= 15 is 0 Å². The molecular weight excluding hydrogens is 154 g/mol. The first kappa shape index (κ1) is 6.95. The Hall–Kier alpha value is -1.16. The normalized spacial score (nSPS) is 10.5. The third kappa shape index (κ3) is 1.41. The van der Waals surface area contributed by atoms with Gasteiger partial charge in [-0.05, 0) is 0 Å². The highest BCUT2D eigenvalue weighted by molar-refractivity contribution is 6.32. The van der Waals surface area contributed by atoms with E-state index in [0.29, 0.717) is 10.7 Å². The van der Waals surface area contributed by atoms with Crippen LogP contribution in [0.25, 0.3) is 0 Å². The molecular formula is C5H4ClN3O. The summed E-state index contributed by atoms with van der Waals surface area (Å²) in [6.07, 6.45) is 3.89. The Morgan fingerprint density at radius 3 is 3.10 bits per heavy atom. The maximum atomic E-state index is 8.09. The Morgan fingerprint density at radius 1 is 1.70 bits per heavy atom. The molecule has 5 heteroatoms. The molecule has 1 aromatic rings. The molecule has 52 valence electrons. The number of aromatic nitrogens is 2. The van der Waals surface area contributed by atoms with Gasteiger partial charge in [0, 0.05) is 6.20 Å². The Bertz CT molecular complexity index is 250. The van der Waals surface area contributed by atoms with Crippen LogP contribution in [0.2, 0.25) is 5.02 Å². The fraction of sp³-hybridized carbons (Fsp3) is 0. The van der Waals surface area contributed by atoms with Gasteiger partial charge in [0.15, 0.2) is 0 Å². The van der Waals surface area contributed by atoms with Crippen LogP contribution in [0.4, 0.5) is 0 Å². The largest absolute Gasteiger partial charge is 0.411 e. The molecule has 0 aliphatic heterocycles. The average Bonchev–Trinajstić information content (AvgIpc) is 1.94. The van der Waals surface area contributed by atoms with E-state index in [4.69, 9.17) is 16.8 Å². The zero-order valence-corrected chi connectivity index (χ0v) is 5.65. The van der Waals surface area contributed by atoms with Crippen LogP contribution in [0.15, 0.2) is 17.7 Å². The summed E-state index contributed by atoms with van der Waals surface area (Å²) in [7, 11) is 0. The van der Waals surface area contributed by atoms with Crippen molar-refractivity contribution in [3.05, 3.63) is 23.2 Å². The first-order valence-corrected chi connectivity index (χ1v) is 2.85. The summed E-state index contributed by atoms with van der Waals surface area (Å²) in [6.45, 7) is 0. The van der Waals surface area contributed by atoms with Gasteiger partial charge in [0.05, 0.1) is 11.2 Å². The molecule has 0 bridgehead atoms. The molecule has 0 atom stereocenters. The van der Waals surface area contributed by atoms with Crippen LogP contribution in [-0.4, -0.2) is 21.4 Å². The molecule has 10 heavy (non-hydrogen) atoms. The smallest absolute Gasteiger partial charge is 0.116 e. The highest BCUT2D eigenvalue weighted by atomic mass is 35.5. The minimum absolute atomic E-state index is 0.361. The van der Waals surface area contributed by atoms with Crippen LogP contribution in [0.5, 0.6) is 0 Å². The van der Waals surface area contributed by atoms with Crippen molar-refractivity contribution in [1.29, 1.82) is 0 Å². The third-order valence-corrected chi connectivity index (χ3v) is 1.17. The predicted octanol–water partition coefficient (Wildman–Crippen LogP) is 0.938. The molecule has 0 unspecified atom stereocenters. The number of nitrogens with zero attached hydrogens (tertiary/aromatic N) is 3. The summed E-state index contributed by atoms with van der Waals surface area (Å²) < 4.78 is 0. The lowest BCUT2D eigenvalue weighted by Gasteiger charge is -1.90. The fourth-order valence-corrected chi connectivity index (χ4v) is 0.626. The monoisotopic (exact) mass is 157 g/mol. The number of rotatable bonds is 1. The molecule has 0 saturated carbocycles. The van der Waals surface area contributed by atoms with E-state index < -0.39 is 0 Å². The van der Waals surface area contributed by atoms with E-state index in [1.165, 1.54) is 12.5 Å². The summed E-state index contributed by atoms with van der Waals surface area (Å²) in [4.78, 5) is 7.36. The van der Waals surface area contributed by atoms with E-state index in [2.05, 4.69) is 15.1 Å². The van der Waals surface area contributed by atoms with Gasteiger partial charge in [-0.15, -0.1) is 0 Å². The number of halogens is 1. The summed E-state index contributed by atoms with van der Waals surface area (Å²) in [6, 6.07) is 0. The second-order valence-corrected chi connectivity index (χ2v) is 1.91. The van der Waals surface area contributed by atoms with Gasteiger partial charge in [-0.3, -0.25) is 0 Å². The van der Waals surface area contributed by atoms with Crippen molar-refractivity contribution in [1.82, 2.24) is 9.97 Å². The van der Waals surface area contributed by atoms with Gasteiger partial charge in [0.2, 0.25) is 0 Å². The van der Waals surface area contributed by atoms with Gasteiger partial charge in [-0.2, -0.15) is 0 Å². The van der Waals surface area contributed by atoms with E-state index in [1.807, 2.05) is 0 Å². The SMILES string of the molecule is ON=Cc1ncncc1Cl. The summed E-state index contributed by atoms with van der Waals surface area (Å²) in [5.41, 5.74) is 0.402. The highest BCUT2D eigenvalue weighted by Gasteiger charge is 1.95. The van der Waals surface area contributed by atoms with E-state index in [1.54, 1.807) is 0 Å². The van der Waals surface area contributed by atoms with Crippen LogP contribution in [0, 0.1) is 0 Å². The Labute approximate surface area is 62.2 Å². The van der Waals surface area contributed by atoms with E-state index in [0.717, 1.165) is 6.21 Å². The Morgan fingerprint density at radius 2 is 2.50 bits per heavy atom. The van der Waals surface area contributed by atoms with E-state index in [9.17, 15) is 0 Å². The molecule has 1 N–H and O–H groups in total. The zero-order chi connectivity index (χ0) is 7.40. The van der Waals surface area contributed by atoms with Gasteiger partial charge >= 0.3 is 0 Å². The van der Waals surface area contributed by atoms with Crippen molar-refractivity contribution in [2.75, 3.05) is 0 Å². The maximum absolute atomic E-state index is 8.09. The summed E-state index contributed by atoms with van der Waals surface area (Å²) in [5.74, 6) is 0. The third-order valence-electron chi connectivity index (χ3n) is 0.876. The molecule has 0 fully saturated rings. The molecule has 1 rings (SSSR count). The topological polar surface area (TPSA) is 58.4 Å². The number of hydrogen-bond acceptors (Lipinski definition) is 4. The van der Waals surface area contributed by atoms with Crippen LogP contribution in [0.3, 0.4) is 0 Å². The van der Waals surface area contributed by atoms with Crippen LogP contribution in [0.1, 0.15) is 5.69 Å². The first-order valence-electron chi connectivity index (χ1n) is 2.47. The van der Waals surface area contributed by atoms with E-state index in [-0.39, 0.29) is 0 Å². The highest BCUT2D eigenvalue weighted by Crippen LogP contribution is 2.07. The lowest BCUT2D eigenvalue weighted by Crippen LogP contribution is -1.88. The van der Waals surface area contributed by atoms with Crippen LogP contribution < -0.4 is 0 Å². The molecule has 0 spiro atoms. The van der Waals surface area contributed by atoms with Crippen molar-refractivity contribution in [3.8, 4) is 0 Å². The molecule has 0 aliphatic rings. The van der Waals surface area contributed by atoms with Gasteiger partial charge in [0.25, 0.3) is 0 Å². The number of oxime groups is 1. The summed E-state index contributed by atoms with van der Waals surface area (Å²) in [5, 5.41) is 11.2. The second kappa shape index (κ2) is 3.12. The van der Waals surface area contributed by atoms with Gasteiger partial charge in [0.1, 0.15) is 12.0 Å². The van der Waals surface area contributed by atoms with Crippen LogP contribution >= 0.6 is 11.6 Å². The molecule has 0 aliphatic carbocycles. The maximum Gasteiger partial charge on any atom is 0.116 e. The van der Waals surface area contributed by atoms with Gasteiger partial charge in [-0.1, -0.05) is 16.8 Å². The van der Waals surface area contributed by atoms with Crippen molar-refractivity contribution in [2.24, 2.45) is 5.16 Å². The zero-order valence-electron chi connectivity index (χ0n) is 4.90. The molecule has 0 aromatic carbocycles. The Kier molecular flexibility index (Phi) is 2.17. The Balaban J connectivity index is 3.03. The van der Waals surface area contributed by atoms with Crippen molar-refractivity contribution in [2.45, 2.75) is 0 Å². The molecule has 1 heterocycles. The average molecular weight is 158 g/mol.